The third kappa shape index (κ3) is 4.68. The summed E-state index contributed by atoms with van der Waals surface area (Å²) in [5.74, 6) is 1.03. The van der Waals surface area contributed by atoms with E-state index in [2.05, 4.69) is 66.5 Å². The number of pyridine rings is 1. The number of benzene rings is 1. The van der Waals surface area contributed by atoms with Gasteiger partial charge >= 0.3 is 0 Å². The first-order valence-electron chi connectivity index (χ1n) is 13.3. The molecule has 1 atom stereocenters. The van der Waals surface area contributed by atoms with Crippen molar-refractivity contribution in [3.63, 3.8) is 0 Å². The van der Waals surface area contributed by atoms with Crippen molar-refractivity contribution in [3.05, 3.63) is 75.2 Å². The van der Waals surface area contributed by atoms with E-state index in [1.165, 1.54) is 5.56 Å². The Morgan fingerprint density at radius 2 is 1.76 bits per heavy atom. The second-order valence-corrected chi connectivity index (χ2v) is 12.2. The number of halogens is 2. The second kappa shape index (κ2) is 10.2. The monoisotopic (exact) mass is 549 g/mol. The smallest absolute Gasteiger partial charge is 0.147 e. The van der Waals surface area contributed by atoms with Crippen LogP contribution in [0, 0.1) is 16.7 Å². The summed E-state index contributed by atoms with van der Waals surface area (Å²) < 4.78 is 12.5. The molecule has 3 fully saturated rings. The van der Waals surface area contributed by atoms with Crippen LogP contribution >= 0.6 is 23.2 Å². The number of fused-ring (bicyclic) bond motifs is 3. The number of hydrogen-bond donors (Lipinski definition) is 0. The van der Waals surface area contributed by atoms with Crippen LogP contribution in [-0.4, -0.2) is 16.7 Å². The van der Waals surface area contributed by atoms with Gasteiger partial charge in [0.2, 0.25) is 0 Å². The van der Waals surface area contributed by atoms with Crippen LogP contribution in [0.4, 0.5) is 0 Å². The maximum Gasteiger partial charge on any atom is 0.147 e. The molecule has 0 N–H and O–H groups in total. The minimum absolute atomic E-state index is 0.0441. The number of ether oxygens (including phenoxy) is 1. The zero-order chi connectivity index (χ0) is 27.1. The zero-order valence-corrected chi connectivity index (χ0v) is 23.9. The molecule has 0 spiro atoms. The molecule has 0 radical (unpaired) electrons. The third-order valence-electron chi connectivity index (χ3n) is 8.61. The molecule has 1 aliphatic carbocycles. The Morgan fingerprint density at radius 3 is 2.32 bits per heavy atom. The summed E-state index contributed by atoms with van der Waals surface area (Å²) in [6.07, 6.45) is 12.5. The number of nitrogens with zero attached hydrogens (tertiary/aromatic N) is 3. The highest BCUT2D eigenvalue weighted by Gasteiger charge is 2.49. The van der Waals surface area contributed by atoms with E-state index < -0.39 is 5.41 Å². The van der Waals surface area contributed by atoms with Crippen LogP contribution in [0.5, 0.6) is 0 Å². The van der Waals surface area contributed by atoms with Crippen LogP contribution < -0.4 is 0 Å². The first kappa shape index (κ1) is 26.9. The summed E-state index contributed by atoms with van der Waals surface area (Å²) in [5.41, 5.74) is 3.63. The average Bonchev–Trinajstić information content (AvgIpc) is 3.36. The maximum absolute atomic E-state index is 9.48. The largest absolute Gasteiger partial charge is 0.369 e. The van der Waals surface area contributed by atoms with Crippen molar-refractivity contribution in [1.82, 2.24) is 10.1 Å². The summed E-state index contributed by atoms with van der Waals surface area (Å²) in [5, 5.41) is 14.8. The van der Waals surface area contributed by atoms with Crippen LogP contribution in [0.25, 0.3) is 17.3 Å². The van der Waals surface area contributed by atoms with E-state index in [0.29, 0.717) is 27.9 Å². The van der Waals surface area contributed by atoms with E-state index in [0.717, 1.165) is 49.0 Å². The first-order chi connectivity index (χ1) is 18.1. The molecular weight excluding hydrogens is 517 g/mol. The molecule has 1 saturated carbocycles. The molecule has 1 aromatic carbocycles. The molecule has 2 saturated heterocycles. The third-order valence-corrected chi connectivity index (χ3v) is 9.18. The summed E-state index contributed by atoms with van der Waals surface area (Å²) >= 11 is 13.0. The molecular formula is C31H33Cl2N3O2. The van der Waals surface area contributed by atoms with Crippen molar-refractivity contribution in [3.8, 4) is 17.3 Å². The molecule has 0 amide bonds. The highest BCUT2D eigenvalue weighted by atomic mass is 35.5. The number of nitriles is 1. The van der Waals surface area contributed by atoms with Gasteiger partial charge in [0.25, 0.3) is 0 Å². The van der Waals surface area contributed by atoms with Gasteiger partial charge in [0.05, 0.1) is 33.7 Å². The molecule has 6 rings (SSSR count). The summed E-state index contributed by atoms with van der Waals surface area (Å²) in [4.78, 5) is 4.09. The van der Waals surface area contributed by atoms with Gasteiger partial charge in [-0.3, -0.25) is 4.98 Å². The Hall–Kier alpha value is -2.65. The molecule has 2 aliphatic heterocycles. The fraction of sp³-hybridized carbons (Fsp3) is 0.452. The molecule has 3 aromatic rings. The average molecular weight is 551 g/mol. The van der Waals surface area contributed by atoms with E-state index in [4.69, 9.17) is 32.5 Å². The standard InChI is InChI=1S/C31H33Cl2N3O2/c1-5-20(2)28-23(27(36-38-28)26-24(32)16-35-17-25(26)33)10-11-30-12-14-31(15-13-30,37-19-30)22-8-6-21(7-9-22)29(3,4)18-34/h6-11,16-17,20H,5,12-15,19H2,1-4H3/b11-10+. The zero-order valence-electron chi connectivity index (χ0n) is 22.4. The van der Waals surface area contributed by atoms with Crippen LogP contribution in [0.3, 0.4) is 0 Å². The number of aromatic nitrogens is 2. The van der Waals surface area contributed by atoms with Crippen LogP contribution in [0.15, 0.2) is 47.3 Å². The van der Waals surface area contributed by atoms with Gasteiger partial charge in [-0.15, -0.1) is 0 Å². The Bertz CT molecular complexity index is 1360. The lowest BCUT2D eigenvalue weighted by atomic mass is 9.64. The van der Waals surface area contributed by atoms with Gasteiger partial charge in [-0.25, -0.2) is 0 Å². The predicted molar refractivity (Wildman–Crippen MR) is 151 cm³/mol. The molecule has 2 bridgehead atoms. The predicted octanol–water partition coefficient (Wildman–Crippen LogP) is 8.86. The summed E-state index contributed by atoms with van der Waals surface area (Å²) in [7, 11) is 0. The van der Waals surface area contributed by atoms with E-state index in [1.807, 2.05) is 13.8 Å². The fourth-order valence-electron chi connectivity index (χ4n) is 5.65. The lowest BCUT2D eigenvalue weighted by Gasteiger charge is -2.52. The maximum atomic E-state index is 9.48. The SMILES string of the molecule is CCC(C)c1onc(-c2c(Cl)cncc2Cl)c1/C=C/C12CCC(c3ccc(C(C)(C)C#N)cc3)(CC1)OC2. The minimum atomic E-state index is -0.504. The lowest BCUT2D eigenvalue weighted by molar-refractivity contribution is -0.173. The highest BCUT2D eigenvalue weighted by molar-refractivity contribution is 6.39. The molecule has 5 nitrogen and oxygen atoms in total. The Kier molecular flexibility index (Phi) is 7.20. The first-order valence-corrected chi connectivity index (χ1v) is 14.0. The molecule has 7 heteroatoms. The van der Waals surface area contributed by atoms with Crippen molar-refractivity contribution in [2.45, 2.75) is 76.7 Å². The van der Waals surface area contributed by atoms with Gasteiger partial charge in [0, 0.05) is 34.9 Å². The normalized spacial score (nSPS) is 24.0. The van der Waals surface area contributed by atoms with Gasteiger partial charge in [-0.05, 0) is 57.1 Å². The minimum Gasteiger partial charge on any atom is -0.369 e. The van der Waals surface area contributed by atoms with Crippen molar-refractivity contribution >= 4 is 29.3 Å². The van der Waals surface area contributed by atoms with E-state index >= 15 is 0 Å². The van der Waals surface area contributed by atoms with Gasteiger partial charge in [0.15, 0.2) is 0 Å². The Balaban J connectivity index is 1.41. The number of hydrogen-bond acceptors (Lipinski definition) is 5. The number of rotatable bonds is 7. The van der Waals surface area contributed by atoms with E-state index in [1.54, 1.807) is 12.4 Å². The van der Waals surface area contributed by atoms with Gasteiger partial charge in [-0.1, -0.05) is 78.6 Å². The topological polar surface area (TPSA) is 71.9 Å². The van der Waals surface area contributed by atoms with E-state index in [-0.39, 0.29) is 16.9 Å². The second-order valence-electron chi connectivity index (χ2n) is 11.4. The van der Waals surface area contributed by atoms with Crippen LogP contribution in [0.1, 0.15) is 88.2 Å². The lowest BCUT2D eigenvalue weighted by Crippen LogP contribution is -2.48. The van der Waals surface area contributed by atoms with Crippen molar-refractivity contribution in [1.29, 1.82) is 5.26 Å². The fourth-order valence-corrected chi connectivity index (χ4v) is 6.20. The Labute approximate surface area is 234 Å². The van der Waals surface area contributed by atoms with Gasteiger partial charge < -0.3 is 9.26 Å². The van der Waals surface area contributed by atoms with E-state index in [9.17, 15) is 5.26 Å². The van der Waals surface area contributed by atoms with Gasteiger partial charge in [-0.2, -0.15) is 5.26 Å². The molecule has 38 heavy (non-hydrogen) atoms. The summed E-state index contributed by atoms with van der Waals surface area (Å²) in [6.45, 7) is 8.82. The van der Waals surface area contributed by atoms with Crippen molar-refractivity contribution in [2.75, 3.05) is 6.61 Å². The van der Waals surface area contributed by atoms with Crippen molar-refractivity contribution < 1.29 is 9.26 Å². The van der Waals surface area contributed by atoms with Crippen molar-refractivity contribution in [2.24, 2.45) is 5.41 Å². The summed E-state index contributed by atoms with van der Waals surface area (Å²) in [6, 6.07) is 10.8. The molecule has 198 valence electrons. The molecule has 1 unspecified atom stereocenters. The Morgan fingerprint density at radius 1 is 1.11 bits per heavy atom. The van der Waals surface area contributed by atoms with Crippen LogP contribution in [-0.2, 0) is 15.8 Å². The molecule has 3 aliphatic rings. The highest BCUT2D eigenvalue weighted by Crippen LogP contribution is 2.54. The van der Waals surface area contributed by atoms with Crippen LogP contribution in [0.2, 0.25) is 10.0 Å². The van der Waals surface area contributed by atoms with Gasteiger partial charge in [0.1, 0.15) is 11.5 Å². The molecule has 2 aromatic heterocycles. The molecule has 4 heterocycles. The quantitative estimate of drug-likeness (QED) is 0.294.